The lowest BCUT2D eigenvalue weighted by atomic mass is 10.0. The molecule has 1 aliphatic rings. The molecule has 3 atom stereocenters. The number of hydrogen-bond donors (Lipinski definition) is 3. The Kier molecular flexibility index (Phi) is 7.00. The first-order chi connectivity index (χ1) is 14.0. The molecule has 1 amide bonds. The molecule has 0 aromatic heterocycles. The first-order valence-corrected chi connectivity index (χ1v) is 9.32. The minimum Gasteiger partial charge on any atom is -0.497 e. The molecule has 8 heteroatoms. The maximum absolute atomic E-state index is 12.8. The Morgan fingerprint density at radius 2 is 2.00 bits per heavy atom. The van der Waals surface area contributed by atoms with Gasteiger partial charge in [-0.25, -0.2) is 13.6 Å². The molecule has 3 rings (SSSR count). The lowest BCUT2D eigenvalue weighted by Gasteiger charge is -2.22. The van der Waals surface area contributed by atoms with E-state index in [-0.39, 0.29) is 18.2 Å². The number of rotatable bonds is 7. The number of hydrogen-bond acceptors (Lipinski definition) is 5. The molecule has 3 N–H and O–H groups in total. The number of halogens is 2. The van der Waals surface area contributed by atoms with E-state index in [4.69, 9.17) is 9.47 Å². The number of β-amino-alcohol motifs (C(OH)–C–C–N with tert-alkyl or cyclic N) is 1. The minimum atomic E-state index is -2.57. The van der Waals surface area contributed by atoms with Crippen molar-refractivity contribution in [1.82, 2.24) is 10.6 Å². The van der Waals surface area contributed by atoms with Crippen LogP contribution in [0.3, 0.4) is 0 Å². The standard InChI is InChI=1S/C21H24F2N2O4/c1-28-16-7-5-13(6-8-16)10-17-19(18(26)12-24-17)29-21(27)25-11-14-3-2-4-15(9-14)20(22)23/h2-9,17-20,24,26H,10-12H2,1H3,(H,25,27)/t17-,18?,19+/m1/s1. The highest BCUT2D eigenvalue weighted by molar-refractivity contribution is 5.67. The summed E-state index contributed by atoms with van der Waals surface area (Å²) >= 11 is 0. The quantitative estimate of drug-likeness (QED) is 0.659. The van der Waals surface area contributed by atoms with Crippen molar-refractivity contribution in [3.05, 3.63) is 65.2 Å². The molecule has 2 aromatic carbocycles. The number of aliphatic hydroxyl groups is 1. The van der Waals surface area contributed by atoms with Crippen molar-refractivity contribution in [1.29, 1.82) is 0 Å². The van der Waals surface area contributed by atoms with Crippen molar-refractivity contribution < 1.29 is 28.2 Å². The van der Waals surface area contributed by atoms with Crippen LogP contribution in [-0.2, 0) is 17.7 Å². The molecule has 2 aromatic rings. The highest BCUT2D eigenvalue weighted by Crippen LogP contribution is 2.21. The number of alkyl halides is 2. The van der Waals surface area contributed by atoms with Gasteiger partial charge in [-0.3, -0.25) is 0 Å². The van der Waals surface area contributed by atoms with Gasteiger partial charge in [-0.15, -0.1) is 0 Å². The Hall–Kier alpha value is -2.71. The van der Waals surface area contributed by atoms with Gasteiger partial charge in [0, 0.05) is 18.7 Å². The van der Waals surface area contributed by atoms with E-state index < -0.39 is 24.7 Å². The molecule has 156 valence electrons. The summed E-state index contributed by atoms with van der Waals surface area (Å²) in [5.74, 6) is 0.747. The van der Waals surface area contributed by atoms with Gasteiger partial charge >= 0.3 is 6.09 Å². The fraction of sp³-hybridized carbons (Fsp3) is 0.381. The van der Waals surface area contributed by atoms with E-state index in [1.165, 1.54) is 18.2 Å². The van der Waals surface area contributed by atoms with Crippen LogP contribution in [-0.4, -0.2) is 43.1 Å². The van der Waals surface area contributed by atoms with Crippen molar-refractivity contribution in [3.8, 4) is 5.75 Å². The molecule has 6 nitrogen and oxygen atoms in total. The molecule has 1 saturated heterocycles. The fourth-order valence-electron chi connectivity index (χ4n) is 3.32. The van der Waals surface area contributed by atoms with Crippen molar-refractivity contribution in [2.75, 3.05) is 13.7 Å². The normalized spacial score (nSPS) is 21.2. The van der Waals surface area contributed by atoms with Crippen LogP contribution in [0.2, 0.25) is 0 Å². The molecule has 29 heavy (non-hydrogen) atoms. The topological polar surface area (TPSA) is 79.8 Å². The molecule has 0 saturated carbocycles. The zero-order chi connectivity index (χ0) is 20.8. The van der Waals surface area contributed by atoms with E-state index in [1.54, 1.807) is 13.2 Å². The second kappa shape index (κ2) is 9.67. The Morgan fingerprint density at radius 3 is 2.69 bits per heavy atom. The number of amides is 1. The van der Waals surface area contributed by atoms with Crippen molar-refractivity contribution in [2.24, 2.45) is 0 Å². The van der Waals surface area contributed by atoms with Crippen molar-refractivity contribution in [2.45, 2.75) is 37.6 Å². The van der Waals surface area contributed by atoms with Crippen LogP contribution in [0.1, 0.15) is 23.1 Å². The molecule has 1 unspecified atom stereocenters. The van der Waals surface area contributed by atoms with Crippen LogP contribution in [0.15, 0.2) is 48.5 Å². The van der Waals surface area contributed by atoms with Crippen LogP contribution in [0.5, 0.6) is 5.75 Å². The molecule has 0 bridgehead atoms. The molecule has 1 fully saturated rings. The summed E-state index contributed by atoms with van der Waals surface area (Å²) in [5, 5.41) is 15.9. The third-order valence-electron chi connectivity index (χ3n) is 4.86. The first kappa shape index (κ1) is 21.0. The third-order valence-corrected chi connectivity index (χ3v) is 4.86. The maximum Gasteiger partial charge on any atom is 0.407 e. The van der Waals surface area contributed by atoms with Gasteiger partial charge in [0.25, 0.3) is 6.43 Å². The Labute approximate surface area is 167 Å². The van der Waals surface area contributed by atoms with E-state index in [2.05, 4.69) is 10.6 Å². The van der Waals surface area contributed by atoms with Crippen molar-refractivity contribution in [3.63, 3.8) is 0 Å². The van der Waals surface area contributed by atoms with E-state index in [0.29, 0.717) is 18.5 Å². The van der Waals surface area contributed by atoms with E-state index in [1.807, 2.05) is 24.3 Å². The molecule has 1 heterocycles. The van der Waals surface area contributed by atoms with Crippen LogP contribution in [0.25, 0.3) is 0 Å². The summed E-state index contributed by atoms with van der Waals surface area (Å²) in [7, 11) is 1.59. The van der Waals surface area contributed by atoms with Gasteiger partial charge < -0.3 is 25.2 Å². The third kappa shape index (κ3) is 5.65. The summed E-state index contributed by atoms with van der Waals surface area (Å²) < 4.78 is 36.1. The lowest BCUT2D eigenvalue weighted by Crippen LogP contribution is -2.41. The van der Waals surface area contributed by atoms with Crippen LogP contribution >= 0.6 is 0 Å². The van der Waals surface area contributed by atoms with E-state index in [9.17, 15) is 18.7 Å². The van der Waals surface area contributed by atoms with Crippen LogP contribution in [0.4, 0.5) is 13.6 Å². The molecule has 0 spiro atoms. The maximum atomic E-state index is 12.8. The Bertz CT molecular complexity index is 817. The zero-order valence-electron chi connectivity index (χ0n) is 16.0. The first-order valence-electron chi connectivity index (χ1n) is 9.32. The minimum absolute atomic E-state index is 0.0543. The number of nitrogens with one attached hydrogen (secondary N) is 2. The second-order valence-corrected chi connectivity index (χ2v) is 6.90. The predicted molar refractivity (Wildman–Crippen MR) is 103 cm³/mol. The number of carbonyl (C=O) groups is 1. The number of ether oxygens (including phenoxy) is 2. The van der Waals surface area contributed by atoms with Crippen LogP contribution < -0.4 is 15.4 Å². The summed E-state index contributed by atoms with van der Waals surface area (Å²) in [5.41, 5.74) is 1.45. The lowest BCUT2D eigenvalue weighted by molar-refractivity contribution is 0.0188. The van der Waals surface area contributed by atoms with Gasteiger partial charge in [-0.1, -0.05) is 30.3 Å². The number of alkyl carbamates (subject to hydrolysis) is 1. The molecular formula is C21H24F2N2O4. The fourth-order valence-corrected chi connectivity index (χ4v) is 3.32. The van der Waals surface area contributed by atoms with E-state index >= 15 is 0 Å². The number of carbonyl (C=O) groups excluding carboxylic acids is 1. The van der Waals surface area contributed by atoms with Crippen LogP contribution in [0, 0.1) is 0 Å². The van der Waals surface area contributed by atoms with Gasteiger partial charge in [-0.05, 0) is 35.7 Å². The Morgan fingerprint density at radius 1 is 1.24 bits per heavy atom. The second-order valence-electron chi connectivity index (χ2n) is 6.90. The molecule has 0 aliphatic carbocycles. The van der Waals surface area contributed by atoms with Gasteiger partial charge in [0.2, 0.25) is 0 Å². The van der Waals surface area contributed by atoms with Gasteiger partial charge in [0.15, 0.2) is 0 Å². The average Bonchev–Trinajstić information content (AvgIpc) is 3.06. The molecule has 1 aliphatic heterocycles. The summed E-state index contributed by atoms with van der Waals surface area (Å²) in [6, 6.07) is 13.1. The van der Waals surface area contributed by atoms with Gasteiger partial charge in [0.1, 0.15) is 18.0 Å². The summed E-state index contributed by atoms with van der Waals surface area (Å²) in [6.07, 6.45) is -4.26. The highest BCUT2D eigenvalue weighted by atomic mass is 19.3. The molecule has 0 radical (unpaired) electrons. The number of methoxy groups -OCH3 is 1. The highest BCUT2D eigenvalue weighted by Gasteiger charge is 2.37. The van der Waals surface area contributed by atoms with Gasteiger partial charge in [-0.2, -0.15) is 0 Å². The average molecular weight is 406 g/mol. The SMILES string of the molecule is COc1ccc(C[C@H]2NCC(O)[C@H]2OC(=O)NCc2cccc(C(F)F)c2)cc1. The smallest absolute Gasteiger partial charge is 0.407 e. The zero-order valence-corrected chi connectivity index (χ0v) is 16.0. The summed E-state index contributed by atoms with van der Waals surface area (Å²) in [4.78, 5) is 12.2. The van der Waals surface area contributed by atoms with Gasteiger partial charge in [0.05, 0.1) is 13.2 Å². The Balaban J connectivity index is 1.55. The predicted octanol–water partition coefficient (Wildman–Crippen LogP) is 2.80. The molecular weight excluding hydrogens is 382 g/mol. The largest absolute Gasteiger partial charge is 0.497 e. The van der Waals surface area contributed by atoms with Crippen molar-refractivity contribution >= 4 is 6.09 Å². The monoisotopic (exact) mass is 406 g/mol. The summed E-state index contributed by atoms with van der Waals surface area (Å²) in [6.45, 7) is 0.369. The number of aliphatic hydroxyl groups excluding tert-OH is 1. The number of benzene rings is 2. The van der Waals surface area contributed by atoms with E-state index in [0.717, 1.165) is 11.3 Å².